The van der Waals surface area contributed by atoms with Crippen LogP contribution < -0.4 is 5.32 Å². The van der Waals surface area contributed by atoms with Gasteiger partial charge >= 0.3 is 0 Å². The fourth-order valence-corrected chi connectivity index (χ4v) is 2.73. The van der Waals surface area contributed by atoms with Crippen molar-refractivity contribution in [1.29, 1.82) is 0 Å². The van der Waals surface area contributed by atoms with E-state index in [1.165, 1.54) is 18.4 Å². The van der Waals surface area contributed by atoms with E-state index in [4.69, 9.17) is 13.9 Å². The summed E-state index contributed by atoms with van der Waals surface area (Å²) in [6.45, 7) is 1.44. The Bertz CT molecular complexity index is 765. The highest BCUT2D eigenvalue weighted by Gasteiger charge is 2.25. The molecule has 0 spiro atoms. The summed E-state index contributed by atoms with van der Waals surface area (Å²) in [7, 11) is 0. The molecule has 0 radical (unpaired) electrons. The number of amides is 2. The molecule has 8 heteroatoms. The van der Waals surface area contributed by atoms with Crippen LogP contribution in [0.2, 0.25) is 0 Å². The van der Waals surface area contributed by atoms with E-state index in [-0.39, 0.29) is 43.3 Å². The maximum Gasteiger partial charge on any atom is 0.287 e. The molecule has 27 heavy (non-hydrogen) atoms. The SMILES string of the molecule is O=C(NCC(=O)N1CCOC(COCc2ccccc2F)C1)c1ccco1. The molecule has 1 fully saturated rings. The van der Waals surface area contributed by atoms with Gasteiger partial charge in [0.1, 0.15) is 5.82 Å². The number of furan rings is 1. The third-order valence-corrected chi connectivity index (χ3v) is 4.16. The largest absolute Gasteiger partial charge is 0.459 e. The van der Waals surface area contributed by atoms with E-state index in [9.17, 15) is 14.0 Å². The monoisotopic (exact) mass is 376 g/mol. The first-order chi connectivity index (χ1) is 13.1. The van der Waals surface area contributed by atoms with Crippen LogP contribution in [0, 0.1) is 5.82 Å². The first kappa shape index (κ1) is 19.1. The first-order valence-corrected chi connectivity index (χ1v) is 8.65. The highest BCUT2D eigenvalue weighted by atomic mass is 19.1. The van der Waals surface area contributed by atoms with Gasteiger partial charge in [0.25, 0.3) is 5.91 Å². The minimum atomic E-state index is -0.439. The smallest absolute Gasteiger partial charge is 0.287 e. The molecule has 1 aromatic carbocycles. The van der Waals surface area contributed by atoms with Crippen molar-refractivity contribution in [3.63, 3.8) is 0 Å². The predicted molar refractivity (Wildman–Crippen MR) is 93.4 cm³/mol. The van der Waals surface area contributed by atoms with Gasteiger partial charge in [-0.15, -0.1) is 0 Å². The van der Waals surface area contributed by atoms with Gasteiger partial charge in [0.05, 0.1) is 38.7 Å². The van der Waals surface area contributed by atoms with Crippen LogP contribution in [0.25, 0.3) is 0 Å². The van der Waals surface area contributed by atoms with Crippen molar-refractivity contribution in [3.05, 3.63) is 59.8 Å². The lowest BCUT2D eigenvalue weighted by atomic mass is 10.2. The molecule has 7 nitrogen and oxygen atoms in total. The Labute approximate surface area is 156 Å². The van der Waals surface area contributed by atoms with Crippen molar-refractivity contribution in [1.82, 2.24) is 10.2 Å². The van der Waals surface area contributed by atoms with Crippen molar-refractivity contribution < 1.29 is 27.9 Å². The van der Waals surface area contributed by atoms with Gasteiger partial charge in [-0.05, 0) is 18.2 Å². The van der Waals surface area contributed by atoms with Crippen LogP contribution in [0.5, 0.6) is 0 Å². The van der Waals surface area contributed by atoms with Gasteiger partial charge in [0.15, 0.2) is 5.76 Å². The Morgan fingerprint density at radius 3 is 2.89 bits per heavy atom. The van der Waals surface area contributed by atoms with Crippen LogP contribution in [0.3, 0.4) is 0 Å². The zero-order valence-electron chi connectivity index (χ0n) is 14.7. The molecule has 0 saturated carbocycles. The second-order valence-corrected chi connectivity index (χ2v) is 6.10. The molecule has 2 heterocycles. The Hall–Kier alpha value is -2.71. The van der Waals surface area contributed by atoms with Gasteiger partial charge < -0.3 is 24.1 Å². The van der Waals surface area contributed by atoms with Crippen LogP contribution >= 0.6 is 0 Å². The minimum Gasteiger partial charge on any atom is -0.459 e. The second-order valence-electron chi connectivity index (χ2n) is 6.10. The summed E-state index contributed by atoms with van der Waals surface area (Å²) in [5.41, 5.74) is 0.474. The zero-order chi connectivity index (χ0) is 19.1. The maximum absolute atomic E-state index is 13.6. The van der Waals surface area contributed by atoms with Gasteiger partial charge in [-0.2, -0.15) is 0 Å². The van der Waals surface area contributed by atoms with E-state index >= 15 is 0 Å². The first-order valence-electron chi connectivity index (χ1n) is 8.65. The Morgan fingerprint density at radius 2 is 2.11 bits per heavy atom. The molecule has 3 rings (SSSR count). The zero-order valence-corrected chi connectivity index (χ0v) is 14.7. The number of carbonyl (C=O) groups excluding carboxylic acids is 2. The van der Waals surface area contributed by atoms with Crippen LogP contribution in [0.4, 0.5) is 4.39 Å². The maximum atomic E-state index is 13.6. The fraction of sp³-hybridized carbons (Fsp3) is 0.368. The van der Waals surface area contributed by atoms with E-state index in [2.05, 4.69) is 5.32 Å². The number of rotatable bonds is 7. The van der Waals surface area contributed by atoms with Crippen LogP contribution in [0.15, 0.2) is 47.1 Å². The van der Waals surface area contributed by atoms with Crippen LogP contribution in [-0.4, -0.2) is 55.7 Å². The van der Waals surface area contributed by atoms with Crippen molar-refractivity contribution in [3.8, 4) is 0 Å². The minimum absolute atomic E-state index is 0.123. The normalized spacial score (nSPS) is 16.9. The summed E-state index contributed by atoms with van der Waals surface area (Å²) in [4.78, 5) is 25.7. The topological polar surface area (TPSA) is 81.0 Å². The van der Waals surface area contributed by atoms with Crippen molar-refractivity contribution in [2.45, 2.75) is 12.7 Å². The van der Waals surface area contributed by atoms with E-state index < -0.39 is 5.91 Å². The number of nitrogens with zero attached hydrogens (tertiary/aromatic N) is 1. The summed E-state index contributed by atoms with van der Waals surface area (Å²) in [5.74, 6) is -0.806. The Morgan fingerprint density at radius 1 is 1.26 bits per heavy atom. The molecule has 1 unspecified atom stereocenters. The van der Waals surface area contributed by atoms with E-state index in [0.717, 1.165) is 0 Å². The highest BCUT2D eigenvalue weighted by Crippen LogP contribution is 2.10. The number of benzene rings is 1. The lowest BCUT2D eigenvalue weighted by Crippen LogP contribution is -2.50. The van der Waals surface area contributed by atoms with E-state index in [1.807, 2.05) is 0 Å². The third-order valence-electron chi connectivity index (χ3n) is 4.16. The number of nitrogens with one attached hydrogen (secondary N) is 1. The number of carbonyl (C=O) groups is 2. The van der Waals surface area contributed by atoms with Crippen molar-refractivity contribution in [2.75, 3.05) is 32.8 Å². The Kier molecular flexibility index (Phi) is 6.56. The molecule has 1 aliphatic rings. The molecule has 2 amide bonds. The van der Waals surface area contributed by atoms with Gasteiger partial charge in [0, 0.05) is 18.7 Å². The van der Waals surface area contributed by atoms with E-state index in [1.54, 1.807) is 29.2 Å². The van der Waals surface area contributed by atoms with Gasteiger partial charge in [-0.3, -0.25) is 9.59 Å². The van der Waals surface area contributed by atoms with E-state index in [0.29, 0.717) is 25.3 Å². The number of halogens is 1. The van der Waals surface area contributed by atoms with Gasteiger partial charge in [-0.1, -0.05) is 18.2 Å². The van der Waals surface area contributed by atoms with Crippen LogP contribution in [-0.2, 0) is 20.9 Å². The molecular weight excluding hydrogens is 355 g/mol. The summed E-state index contributed by atoms with van der Waals surface area (Å²) in [6, 6.07) is 9.54. The summed E-state index contributed by atoms with van der Waals surface area (Å²) < 4.78 is 29.7. The molecule has 0 aliphatic carbocycles. The Balaban J connectivity index is 1.41. The predicted octanol–water partition coefficient (Wildman–Crippen LogP) is 1.59. The summed E-state index contributed by atoms with van der Waals surface area (Å²) in [6.07, 6.45) is 1.10. The molecule has 1 aromatic heterocycles. The standard InChI is InChI=1S/C19H21FN2O5/c20-16-5-2-1-4-14(16)12-25-13-15-11-22(7-9-26-15)18(23)10-21-19(24)17-6-3-8-27-17/h1-6,8,15H,7,9-13H2,(H,21,24). The van der Waals surface area contributed by atoms with Crippen molar-refractivity contribution in [2.24, 2.45) is 0 Å². The highest BCUT2D eigenvalue weighted by molar-refractivity contribution is 5.94. The molecule has 1 saturated heterocycles. The lowest BCUT2D eigenvalue weighted by Gasteiger charge is -2.32. The molecule has 0 bridgehead atoms. The molecule has 1 aliphatic heterocycles. The molecule has 1 N–H and O–H groups in total. The fourth-order valence-electron chi connectivity index (χ4n) is 2.73. The lowest BCUT2D eigenvalue weighted by molar-refractivity contribution is -0.140. The van der Waals surface area contributed by atoms with Gasteiger partial charge in [0.2, 0.25) is 5.91 Å². The summed E-state index contributed by atoms with van der Waals surface area (Å²) >= 11 is 0. The van der Waals surface area contributed by atoms with Crippen molar-refractivity contribution >= 4 is 11.8 Å². The molecule has 144 valence electrons. The summed E-state index contributed by atoms with van der Waals surface area (Å²) in [5, 5.41) is 2.53. The number of morpholine rings is 1. The number of hydrogen-bond donors (Lipinski definition) is 1. The molecule has 2 aromatic rings. The molecular formula is C19H21FN2O5. The third kappa shape index (κ3) is 5.38. The molecule has 1 atom stereocenters. The quantitative estimate of drug-likeness (QED) is 0.794. The number of hydrogen-bond acceptors (Lipinski definition) is 5. The second kappa shape index (κ2) is 9.29. The van der Waals surface area contributed by atoms with Gasteiger partial charge in [-0.25, -0.2) is 4.39 Å². The average molecular weight is 376 g/mol. The average Bonchev–Trinajstić information content (AvgIpc) is 3.22. The van der Waals surface area contributed by atoms with Crippen LogP contribution in [0.1, 0.15) is 16.1 Å². The number of ether oxygens (including phenoxy) is 2.